The van der Waals surface area contributed by atoms with Crippen LogP contribution in [-0.4, -0.2) is 37.5 Å². The highest BCUT2D eigenvalue weighted by atomic mass is 16.2. The molecule has 2 aliphatic rings. The van der Waals surface area contributed by atoms with Gasteiger partial charge in [0.1, 0.15) is 5.82 Å². The topological polar surface area (TPSA) is 77.7 Å². The molecule has 134 valence electrons. The maximum Gasteiger partial charge on any atom is 0.275 e. The lowest BCUT2D eigenvalue weighted by Crippen LogP contribution is -2.32. The molecule has 26 heavy (non-hydrogen) atoms. The predicted molar refractivity (Wildman–Crippen MR) is 99.2 cm³/mol. The Morgan fingerprint density at radius 3 is 2.92 bits per heavy atom. The zero-order chi connectivity index (χ0) is 17.8. The summed E-state index contributed by atoms with van der Waals surface area (Å²) in [6.45, 7) is 4.98. The molecule has 1 aliphatic carbocycles. The van der Waals surface area contributed by atoms with Crippen molar-refractivity contribution in [1.82, 2.24) is 25.1 Å². The Morgan fingerprint density at radius 2 is 2.04 bits per heavy atom. The van der Waals surface area contributed by atoms with Crippen molar-refractivity contribution in [3.8, 4) is 0 Å². The van der Waals surface area contributed by atoms with E-state index in [0.29, 0.717) is 5.69 Å². The van der Waals surface area contributed by atoms with Gasteiger partial charge in [-0.3, -0.25) is 9.89 Å². The molecule has 3 aromatic rings. The Hall–Kier alpha value is -2.63. The number of carbonyl (C=O) groups is 1. The highest BCUT2D eigenvalue weighted by Gasteiger charge is 2.35. The Balaban J connectivity index is 1.49. The minimum absolute atomic E-state index is 0.00395. The fourth-order valence-electron chi connectivity index (χ4n) is 4.37. The van der Waals surface area contributed by atoms with E-state index in [4.69, 9.17) is 4.98 Å². The maximum absolute atomic E-state index is 13.2. The van der Waals surface area contributed by atoms with Crippen molar-refractivity contribution in [3.63, 3.8) is 0 Å². The van der Waals surface area contributed by atoms with E-state index in [1.165, 1.54) is 11.1 Å². The lowest BCUT2D eigenvalue weighted by molar-refractivity contribution is 0.0723. The highest BCUT2D eigenvalue weighted by molar-refractivity contribution is 5.94. The number of aromatic nitrogens is 4. The molecule has 6 heteroatoms. The Bertz CT molecular complexity index is 976. The van der Waals surface area contributed by atoms with E-state index < -0.39 is 0 Å². The summed E-state index contributed by atoms with van der Waals surface area (Å²) in [7, 11) is 0. The number of aryl methyl sites for hydroxylation is 3. The number of rotatable bonds is 2. The van der Waals surface area contributed by atoms with E-state index in [1.54, 1.807) is 0 Å². The monoisotopic (exact) mass is 349 g/mol. The first-order chi connectivity index (χ1) is 12.6. The summed E-state index contributed by atoms with van der Waals surface area (Å²) < 4.78 is 0. The minimum atomic E-state index is 0.00395. The van der Waals surface area contributed by atoms with Gasteiger partial charge in [-0.25, -0.2) is 4.98 Å². The van der Waals surface area contributed by atoms with E-state index in [-0.39, 0.29) is 11.9 Å². The third-order valence-corrected chi connectivity index (χ3v) is 5.95. The van der Waals surface area contributed by atoms with E-state index in [0.717, 1.165) is 66.8 Å². The molecule has 3 heterocycles. The van der Waals surface area contributed by atoms with Gasteiger partial charge in [-0.05, 0) is 69.2 Å². The number of nitrogens with zero attached hydrogens (tertiary/aromatic N) is 3. The van der Waals surface area contributed by atoms with Crippen LogP contribution in [0.25, 0.3) is 11.0 Å². The summed E-state index contributed by atoms with van der Waals surface area (Å²) in [6.07, 6.45) is 5.00. The molecule has 0 bridgehead atoms. The number of H-pyrrole nitrogens is 2. The molecule has 1 saturated heterocycles. The van der Waals surface area contributed by atoms with Crippen LogP contribution in [0, 0.1) is 13.8 Å². The number of nitrogens with one attached hydrogen (secondary N) is 2. The summed E-state index contributed by atoms with van der Waals surface area (Å²) in [4.78, 5) is 23.4. The SMILES string of the molecule is Cc1cc2nc([C@@H]3CCCN3C(=O)c3n[nH]c4c3CCC4)[nH]c2cc1C. The standard InChI is InChI=1S/C20H23N5O/c1-11-9-15-16(10-12(11)2)22-19(21-15)17-7-4-8-25(17)20(26)18-13-5-3-6-14(13)23-24-18/h9-10,17H,3-8H2,1-2H3,(H,21,22)(H,23,24)/t17-/m0/s1. The smallest absolute Gasteiger partial charge is 0.275 e. The van der Waals surface area contributed by atoms with Gasteiger partial charge in [-0.1, -0.05) is 0 Å². The molecule has 0 spiro atoms. The third kappa shape index (κ3) is 2.28. The van der Waals surface area contributed by atoms with Gasteiger partial charge in [-0.15, -0.1) is 0 Å². The van der Waals surface area contributed by atoms with Crippen LogP contribution in [0.5, 0.6) is 0 Å². The van der Waals surface area contributed by atoms with Crippen molar-refractivity contribution in [1.29, 1.82) is 0 Å². The molecule has 1 amide bonds. The van der Waals surface area contributed by atoms with E-state index in [9.17, 15) is 4.79 Å². The number of fused-ring (bicyclic) bond motifs is 2. The van der Waals surface area contributed by atoms with Crippen LogP contribution in [0.3, 0.4) is 0 Å². The van der Waals surface area contributed by atoms with E-state index in [2.05, 4.69) is 41.2 Å². The van der Waals surface area contributed by atoms with E-state index in [1.807, 2.05) is 4.90 Å². The summed E-state index contributed by atoms with van der Waals surface area (Å²) in [5.74, 6) is 0.933. The summed E-state index contributed by atoms with van der Waals surface area (Å²) in [5, 5.41) is 7.39. The molecular formula is C20H23N5O. The normalized spacial score (nSPS) is 19.5. The Labute approximate surface area is 152 Å². The van der Waals surface area contributed by atoms with Gasteiger partial charge in [-0.2, -0.15) is 5.10 Å². The maximum atomic E-state index is 13.2. The van der Waals surface area contributed by atoms with E-state index >= 15 is 0 Å². The van der Waals surface area contributed by atoms with Crippen molar-refractivity contribution in [2.45, 2.75) is 52.0 Å². The van der Waals surface area contributed by atoms with Crippen molar-refractivity contribution in [3.05, 3.63) is 46.0 Å². The molecule has 2 N–H and O–H groups in total. The number of benzene rings is 1. The van der Waals surface area contributed by atoms with Crippen LogP contribution in [0.4, 0.5) is 0 Å². The van der Waals surface area contributed by atoms with Crippen LogP contribution in [0.1, 0.15) is 64.0 Å². The molecule has 1 aliphatic heterocycles. The second kappa shape index (κ2) is 5.69. The number of carbonyl (C=O) groups excluding carboxylic acids is 1. The lowest BCUT2D eigenvalue weighted by atomic mass is 10.1. The molecule has 0 radical (unpaired) electrons. The largest absolute Gasteiger partial charge is 0.340 e. The van der Waals surface area contributed by atoms with Gasteiger partial charge < -0.3 is 9.88 Å². The number of hydrogen-bond donors (Lipinski definition) is 2. The number of likely N-dealkylation sites (tertiary alicyclic amines) is 1. The zero-order valence-electron chi connectivity index (χ0n) is 15.2. The number of amides is 1. The van der Waals surface area contributed by atoms with Crippen LogP contribution in [0.15, 0.2) is 12.1 Å². The lowest BCUT2D eigenvalue weighted by Gasteiger charge is -2.22. The van der Waals surface area contributed by atoms with Crippen molar-refractivity contribution < 1.29 is 4.79 Å². The van der Waals surface area contributed by atoms with Gasteiger partial charge in [0.2, 0.25) is 0 Å². The average molecular weight is 349 g/mol. The molecule has 0 unspecified atom stereocenters. The molecule has 1 aromatic carbocycles. The average Bonchev–Trinajstić information content (AvgIpc) is 3.37. The first-order valence-electron chi connectivity index (χ1n) is 9.46. The second-order valence-corrected chi connectivity index (χ2v) is 7.62. The van der Waals surface area contributed by atoms with Gasteiger partial charge in [0, 0.05) is 17.8 Å². The fourth-order valence-corrected chi connectivity index (χ4v) is 4.37. The van der Waals surface area contributed by atoms with Crippen molar-refractivity contribution >= 4 is 16.9 Å². The Kier molecular flexibility index (Phi) is 3.42. The molecule has 6 nitrogen and oxygen atoms in total. The molecule has 1 atom stereocenters. The first-order valence-corrected chi connectivity index (χ1v) is 9.46. The summed E-state index contributed by atoms with van der Waals surface area (Å²) in [5.41, 5.74) is 7.38. The summed E-state index contributed by atoms with van der Waals surface area (Å²) >= 11 is 0. The Morgan fingerprint density at radius 1 is 1.19 bits per heavy atom. The number of aromatic amines is 2. The number of hydrogen-bond acceptors (Lipinski definition) is 3. The molecule has 5 rings (SSSR count). The van der Waals surface area contributed by atoms with Gasteiger partial charge >= 0.3 is 0 Å². The second-order valence-electron chi connectivity index (χ2n) is 7.62. The van der Waals surface area contributed by atoms with Crippen LogP contribution >= 0.6 is 0 Å². The third-order valence-electron chi connectivity index (χ3n) is 5.95. The molecular weight excluding hydrogens is 326 g/mol. The molecule has 0 saturated carbocycles. The van der Waals surface area contributed by atoms with Crippen molar-refractivity contribution in [2.75, 3.05) is 6.54 Å². The molecule has 2 aromatic heterocycles. The van der Waals surface area contributed by atoms with Crippen LogP contribution in [-0.2, 0) is 12.8 Å². The highest BCUT2D eigenvalue weighted by Crippen LogP contribution is 2.34. The quantitative estimate of drug-likeness (QED) is 0.744. The zero-order valence-corrected chi connectivity index (χ0v) is 15.2. The van der Waals surface area contributed by atoms with Gasteiger partial charge in [0.15, 0.2) is 5.69 Å². The van der Waals surface area contributed by atoms with Gasteiger partial charge in [0.05, 0.1) is 17.1 Å². The first kappa shape index (κ1) is 15.6. The summed E-state index contributed by atoms with van der Waals surface area (Å²) in [6, 6.07) is 4.26. The van der Waals surface area contributed by atoms with Gasteiger partial charge in [0.25, 0.3) is 5.91 Å². The van der Waals surface area contributed by atoms with Crippen LogP contribution < -0.4 is 0 Å². The fraction of sp³-hybridized carbons (Fsp3) is 0.450. The van der Waals surface area contributed by atoms with Crippen molar-refractivity contribution in [2.24, 2.45) is 0 Å². The van der Waals surface area contributed by atoms with Crippen LogP contribution in [0.2, 0.25) is 0 Å². The predicted octanol–water partition coefficient (Wildman–Crippen LogP) is 3.37. The minimum Gasteiger partial charge on any atom is -0.340 e. The number of imidazole rings is 1. The molecule has 1 fully saturated rings.